The number of carboxylic acid groups (broad SMARTS) is 1. The molecule has 1 atom stereocenters. The first-order chi connectivity index (χ1) is 7.56. The Kier molecular flexibility index (Phi) is 2.43. The number of hydrogen-bond donors (Lipinski definition) is 1. The number of nitrogens with zero attached hydrogens (tertiary/aromatic N) is 2. The van der Waals surface area contributed by atoms with Crippen molar-refractivity contribution in [2.45, 2.75) is 19.4 Å². The quantitative estimate of drug-likeness (QED) is 0.836. The topological polar surface area (TPSA) is 71.8 Å². The molecule has 16 heavy (non-hydrogen) atoms. The van der Waals surface area contributed by atoms with Crippen molar-refractivity contribution in [3.05, 3.63) is 23.5 Å². The molecule has 1 aromatic heterocycles. The molecular weight excluding hydrogens is 212 g/mol. The maximum Gasteiger partial charge on any atom is 0.353 e. The van der Waals surface area contributed by atoms with Crippen molar-refractivity contribution in [2.75, 3.05) is 7.11 Å². The van der Waals surface area contributed by atoms with Gasteiger partial charge in [0.2, 0.25) is 0 Å². The van der Waals surface area contributed by atoms with Gasteiger partial charge < -0.3 is 5.11 Å². The fourth-order valence-electron chi connectivity index (χ4n) is 1.99. The maximum atomic E-state index is 11.9. The molecule has 0 aromatic carbocycles. The van der Waals surface area contributed by atoms with Crippen molar-refractivity contribution in [1.29, 1.82) is 0 Å². The second-order valence-electron chi connectivity index (χ2n) is 3.64. The number of carbonyl (C=O) groups is 2. The van der Waals surface area contributed by atoms with E-state index >= 15 is 0 Å². The molecule has 0 spiro atoms. The van der Waals surface area contributed by atoms with Gasteiger partial charge in [-0.05, 0) is 19.1 Å². The molecule has 1 amide bonds. The summed E-state index contributed by atoms with van der Waals surface area (Å²) in [5.41, 5.74) is 1.43. The fourth-order valence-corrected chi connectivity index (χ4v) is 1.99. The Morgan fingerprint density at radius 1 is 1.56 bits per heavy atom. The average Bonchev–Trinajstić information content (AvgIpc) is 2.69. The molecule has 1 unspecified atom stereocenters. The van der Waals surface area contributed by atoms with Crippen molar-refractivity contribution in [3.63, 3.8) is 0 Å². The largest absolute Gasteiger partial charge is 0.481 e. The van der Waals surface area contributed by atoms with Gasteiger partial charge in [-0.25, -0.2) is 4.79 Å². The van der Waals surface area contributed by atoms with Crippen LogP contribution in [0.4, 0.5) is 4.79 Å². The van der Waals surface area contributed by atoms with Gasteiger partial charge in [-0.2, -0.15) is 5.06 Å². The summed E-state index contributed by atoms with van der Waals surface area (Å²) >= 11 is 0. The predicted octanol–water partition coefficient (Wildman–Crippen LogP) is 1.16. The fraction of sp³-hybridized carbons (Fsp3) is 0.400. The number of carbonyl (C=O) groups excluding carboxylic acids is 1. The van der Waals surface area contributed by atoms with E-state index < -0.39 is 12.0 Å². The van der Waals surface area contributed by atoms with E-state index in [9.17, 15) is 9.59 Å². The summed E-state index contributed by atoms with van der Waals surface area (Å²) in [5, 5.41) is 9.90. The second-order valence-corrected chi connectivity index (χ2v) is 3.64. The number of aliphatic carboxylic acids is 1. The Hall–Kier alpha value is -1.82. The first kappa shape index (κ1) is 10.7. The molecule has 0 radical (unpaired) electrons. The average molecular weight is 224 g/mol. The standard InChI is InChI=1S/C10H12N2O4/c1-6-3-4-7-8(5-9(13)14)12(16-2)10(15)11(6)7/h3-4,8H,5H2,1-2H3,(H,13,14). The van der Waals surface area contributed by atoms with Crippen LogP contribution >= 0.6 is 0 Å². The van der Waals surface area contributed by atoms with E-state index in [1.165, 1.54) is 11.7 Å². The highest BCUT2D eigenvalue weighted by atomic mass is 16.7. The van der Waals surface area contributed by atoms with E-state index in [1.807, 2.05) is 0 Å². The zero-order chi connectivity index (χ0) is 11.9. The van der Waals surface area contributed by atoms with E-state index in [2.05, 4.69) is 0 Å². The molecule has 6 nitrogen and oxygen atoms in total. The molecule has 86 valence electrons. The lowest BCUT2D eigenvalue weighted by Crippen LogP contribution is -2.29. The molecule has 6 heteroatoms. The molecule has 0 bridgehead atoms. The SMILES string of the molecule is CON1C(=O)n2c(C)ccc2C1CC(=O)O. The number of aromatic nitrogens is 1. The van der Waals surface area contributed by atoms with Gasteiger partial charge in [-0.15, -0.1) is 0 Å². The minimum atomic E-state index is -0.966. The summed E-state index contributed by atoms with van der Waals surface area (Å²) in [6.07, 6.45) is -0.164. The molecule has 0 saturated carbocycles. The molecule has 1 aliphatic heterocycles. The van der Waals surface area contributed by atoms with Crippen LogP contribution < -0.4 is 0 Å². The number of rotatable bonds is 3. The number of amides is 1. The minimum absolute atomic E-state index is 0.164. The van der Waals surface area contributed by atoms with E-state index in [-0.39, 0.29) is 12.5 Å². The summed E-state index contributed by atoms with van der Waals surface area (Å²) < 4.78 is 1.47. The van der Waals surface area contributed by atoms with Crippen molar-refractivity contribution >= 4 is 12.0 Å². The summed E-state index contributed by atoms with van der Waals surface area (Å²) in [4.78, 5) is 27.5. The third-order valence-corrected chi connectivity index (χ3v) is 2.68. The van der Waals surface area contributed by atoms with E-state index in [4.69, 9.17) is 9.94 Å². The molecule has 0 aliphatic carbocycles. The first-order valence-corrected chi connectivity index (χ1v) is 4.84. The summed E-state index contributed by atoms with van der Waals surface area (Å²) in [5.74, 6) is -0.966. The highest BCUT2D eigenvalue weighted by Crippen LogP contribution is 2.33. The van der Waals surface area contributed by atoms with Gasteiger partial charge in [0.25, 0.3) is 0 Å². The van der Waals surface area contributed by atoms with Gasteiger partial charge in [0.15, 0.2) is 0 Å². The Balaban J connectivity index is 2.42. The molecule has 0 fully saturated rings. The maximum absolute atomic E-state index is 11.9. The molecule has 1 aliphatic rings. The number of aryl methyl sites for hydroxylation is 1. The van der Waals surface area contributed by atoms with Gasteiger partial charge in [0.1, 0.15) is 6.04 Å². The van der Waals surface area contributed by atoms with E-state index in [0.29, 0.717) is 5.69 Å². The van der Waals surface area contributed by atoms with Crippen LogP contribution in [0.5, 0.6) is 0 Å². The molecule has 1 N–H and O–H groups in total. The summed E-state index contributed by atoms with van der Waals surface area (Å²) in [6, 6.07) is 2.64. The minimum Gasteiger partial charge on any atom is -0.481 e. The highest BCUT2D eigenvalue weighted by Gasteiger charge is 2.39. The number of fused-ring (bicyclic) bond motifs is 1. The molecule has 2 heterocycles. The van der Waals surface area contributed by atoms with Gasteiger partial charge in [-0.1, -0.05) is 0 Å². The van der Waals surface area contributed by atoms with Crippen molar-refractivity contribution in [1.82, 2.24) is 9.63 Å². The summed E-state index contributed by atoms with van der Waals surface area (Å²) in [6.45, 7) is 1.79. The second kappa shape index (κ2) is 3.64. The Labute approximate surface area is 92.0 Å². The number of hydroxylamine groups is 2. The zero-order valence-corrected chi connectivity index (χ0v) is 9.01. The molecule has 0 saturated heterocycles. The van der Waals surface area contributed by atoms with Crippen LogP contribution in [-0.4, -0.2) is 33.8 Å². The van der Waals surface area contributed by atoms with E-state index in [1.54, 1.807) is 19.1 Å². The van der Waals surface area contributed by atoms with Crippen LogP contribution in [0, 0.1) is 6.92 Å². The van der Waals surface area contributed by atoms with Crippen LogP contribution in [0.2, 0.25) is 0 Å². The van der Waals surface area contributed by atoms with Gasteiger partial charge in [0.05, 0.1) is 19.2 Å². The monoisotopic (exact) mass is 224 g/mol. The van der Waals surface area contributed by atoms with Crippen molar-refractivity contribution < 1.29 is 19.5 Å². The summed E-state index contributed by atoms with van der Waals surface area (Å²) in [7, 11) is 1.36. The van der Waals surface area contributed by atoms with Crippen LogP contribution in [0.25, 0.3) is 0 Å². The number of hydrogen-bond acceptors (Lipinski definition) is 3. The van der Waals surface area contributed by atoms with Gasteiger partial charge >= 0.3 is 12.0 Å². The Bertz CT molecular complexity index is 452. The van der Waals surface area contributed by atoms with Crippen molar-refractivity contribution in [3.8, 4) is 0 Å². The molecular formula is C10H12N2O4. The lowest BCUT2D eigenvalue weighted by atomic mass is 10.1. The van der Waals surface area contributed by atoms with Crippen LogP contribution in [0.3, 0.4) is 0 Å². The van der Waals surface area contributed by atoms with Crippen LogP contribution in [0.15, 0.2) is 12.1 Å². The third-order valence-electron chi connectivity index (χ3n) is 2.68. The lowest BCUT2D eigenvalue weighted by molar-refractivity contribution is -0.146. The van der Waals surface area contributed by atoms with Crippen LogP contribution in [0.1, 0.15) is 23.9 Å². The third kappa shape index (κ3) is 1.38. The first-order valence-electron chi connectivity index (χ1n) is 4.84. The highest BCUT2D eigenvalue weighted by molar-refractivity contribution is 5.82. The molecule has 1 aromatic rings. The number of carboxylic acids is 1. The van der Waals surface area contributed by atoms with Gasteiger partial charge in [0, 0.05) is 5.69 Å². The smallest absolute Gasteiger partial charge is 0.353 e. The normalized spacial score (nSPS) is 19.0. The lowest BCUT2D eigenvalue weighted by Gasteiger charge is -2.19. The van der Waals surface area contributed by atoms with Crippen LogP contribution in [-0.2, 0) is 9.63 Å². The Morgan fingerprint density at radius 3 is 2.81 bits per heavy atom. The van der Waals surface area contributed by atoms with Crippen molar-refractivity contribution in [2.24, 2.45) is 0 Å². The zero-order valence-electron chi connectivity index (χ0n) is 9.01. The Morgan fingerprint density at radius 2 is 2.25 bits per heavy atom. The van der Waals surface area contributed by atoms with E-state index in [0.717, 1.165) is 10.8 Å². The molecule has 2 rings (SSSR count). The predicted molar refractivity (Wildman–Crippen MR) is 53.8 cm³/mol. The van der Waals surface area contributed by atoms with Gasteiger partial charge in [-0.3, -0.25) is 14.2 Å².